The van der Waals surface area contributed by atoms with Crippen LogP contribution >= 0.6 is 15.9 Å². The number of amides is 3. The SMILES string of the molecule is CC(C)(C)OC(=O)N[C@H]1CCCCC/C=C\C2C[C@@]2(C(=O)O)NC(=O)C2C[C@H](OS(=O)(=O)c3ccc(Br)cc3)CN2C1=O. The summed E-state index contributed by atoms with van der Waals surface area (Å²) in [6.45, 7) is 4.81. The van der Waals surface area contributed by atoms with Gasteiger partial charge in [0.05, 0.1) is 11.0 Å². The third-order valence-electron chi connectivity index (χ3n) is 7.68. The highest BCUT2D eigenvalue weighted by molar-refractivity contribution is 9.10. The average molecular weight is 685 g/mol. The van der Waals surface area contributed by atoms with Gasteiger partial charge in [-0.1, -0.05) is 40.9 Å². The number of halogens is 1. The Morgan fingerprint density at radius 2 is 1.84 bits per heavy atom. The van der Waals surface area contributed by atoms with Crippen molar-refractivity contribution in [3.63, 3.8) is 0 Å². The van der Waals surface area contributed by atoms with E-state index in [1.54, 1.807) is 39.0 Å². The Balaban J connectivity index is 1.63. The number of nitrogens with zero attached hydrogens (tertiary/aromatic N) is 1. The number of carboxylic acid groups (broad SMARTS) is 1. The van der Waals surface area contributed by atoms with Crippen LogP contribution in [-0.4, -0.2) is 78.2 Å². The summed E-state index contributed by atoms with van der Waals surface area (Å²) in [6.07, 6.45) is 4.91. The van der Waals surface area contributed by atoms with Crippen molar-refractivity contribution < 1.29 is 41.6 Å². The van der Waals surface area contributed by atoms with Crippen LogP contribution in [0.25, 0.3) is 0 Å². The number of rotatable bonds is 5. The van der Waals surface area contributed by atoms with Crippen molar-refractivity contribution in [2.45, 2.75) is 99.9 Å². The van der Waals surface area contributed by atoms with Gasteiger partial charge in [0.1, 0.15) is 23.2 Å². The number of nitrogens with one attached hydrogen (secondary N) is 2. The zero-order valence-electron chi connectivity index (χ0n) is 24.4. The fourth-order valence-corrected chi connectivity index (χ4v) is 6.76. The third-order valence-corrected chi connectivity index (χ3v) is 9.58. The highest BCUT2D eigenvalue weighted by Crippen LogP contribution is 2.45. The van der Waals surface area contributed by atoms with Gasteiger partial charge >= 0.3 is 12.1 Å². The Hall–Kier alpha value is -2.97. The number of aliphatic carboxylic acids is 1. The summed E-state index contributed by atoms with van der Waals surface area (Å²) in [5.74, 6) is -2.94. The topological polar surface area (TPSA) is 168 Å². The summed E-state index contributed by atoms with van der Waals surface area (Å²) in [5, 5.41) is 15.2. The molecule has 5 atom stereocenters. The van der Waals surface area contributed by atoms with Crippen LogP contribution in [0.5, 0.6) is 0 Å². The van der Waals surface area contributed by atoms with Crippen LogP contribution in [0, 0.1) is 5.92 Å². The Kier molecular flexibility index (Phi) is 9.92. The minimum absolute atomic E-state index is 0.0992. The molecule has 1 aromatic carbocycles. The summed E-state index contributed by atoms with van der Waals surface area (Å²) in [7, 11) is -4.26. The van der Waals surface area contributed by atoms with Gasteiger partial charge in [-0.15, -0.1) is 0 Å². The lowest BCUT2D eigenvalue weighted by Gasteiger charge is -2.30. The fourth-order valence-electron chi connectivity index (χ4n) is 5.42. The van der Waals surface area contributed by atoms with E-state index in [0.29, 0.717) is 17.3 Å². The highest BCUT2D eigenvalue weighted by atomic mass is 79.9. The maximum atomic E-state index is 14.0. The summed E-state index contributed by atoms with van der Waals surface area (Å²) in [5.41, 5.74) is -2.33. The number of ether oxygens (including phenoxy) is 1. The van der Waals surface area contributed by atoms with Gasteiger partial charge in [-0.05, 0) is 70.7 Å². The molecule has 2 heterocycles. The zero-order chi connectivity index (χ0) is 31.6. The summed E-state index contributed by atoms with van der Waals surface area (Å²) in [6, 6.07) is 3.53. The molecule has 2 fully saturated rings. The molecule has 43 heavy (non-hydrogen) atoms. The third kappa shape index (κ3) is 8.15. The normalized spacial score (nSPS) is 29.3. The van der Waals surface area contributed by atoms with Gasteiger partial charge in [0.25, 0.3) is 10.1 Å². The molecule has 3 amide bonds. The van der Waals surface area contributed by atoms with E-state index in [0.717, 1.165) is 12.8 Å². The molecule has 2 unspecified atom stereocenters. The number of alkyl carbamates (subject to hydrolysis) is 1. The van der Waals surface area contributed by atoms with Crippen molar-refractivity contribution in [2.24, 2.45) is 5.92 Å². The van der Waals surface area contributed by atoms with Crippen molar-refractivity contribution in [1.29, 1.82) is 0 Å². The van der Waals surface area contributed by atoms with E-state index in [1.807, 2.05) is 6.08 Å². The van der Waals surface area contributed by atoms with Gasteiger partial charge < -0.3 is 25.4 Å². The van der Waals surface area contributed by atoms with Crippen molar-refractivity contribution in [3.05, 3.63) is 40.9 Å². The first-order valence-corrected chi connectivity index (χ1v) is 16.5. The Labute approximate surface area is 259 Å². The molecule has 2 aliphatic heterocycles. The van der Waals surface area contributed by atoms with Crippen LogP contribution in [0.3, 0.4) is 0 Å². The second-order valence-corrected chi connectivity index (χ2v) is 14.7. The lowest BCUT2D eigenvalue weighted by molar-refractivity contribution is -0.145. The quantitative estimate of drug-likeness (QED) is 0.311. The Morgan fingerprint density at radius 3 is 2.49 bits per heavy atom. The molecule has 12 nitrogen and oxygen atoms in total. The maximum Gasteiger partial charge on any atom is 0.408 e. The monoisotopic (exact) mass is 683 g/mol. The summed E-state index contributed by atoms with van der Waals surface area (Å²) < 4.78 is 37.6. The van der Waals surface area contributed by atoms with Gasteiger partial charge in [-0.2, -0.15) is 8.42 Å². The van der Waals surface area contributed by atoms with Crippen molar-refractivity contribution >= 4 is 49.9 Å². The zero-order valence-corrected chi connectivity index (χ0v) is 26.8. The first-order chi connectivity index (χ1) is 20.1. The van der Waals surface area contributed by atoms with Crippen LogP contribution in [-0.2, 0) is 33.4 Å². The molecule has 0 radical (unpaired) electrons. The predicted octanol–water partition coefficient (Wildman–Crippen LogP) is 3.50. The Morgan fingerprint density at radius 1 is 1.14 bits per heavy atom. The molecule has 1 aromatic rings. The lowest BCUT2D eigenvalue weighted by atomic mass is 10.0. The minimum Gasteiger partial charge on any atom is -0.479 e. The molecule has 14 heteroatoms. The number of carbonyl (C=O) groups is 4. The van der Waals surface area contributed by atoms with E-state index in [-0.39, 0.29) is 30.7 Å². The average Bonchev–Trinajstić information content (AvgIpc) is 3.44. The molecule has 236 valence electrons. The van der Waals surface area contributed by atoms with E-state index in [2.05, 4.69) is 26.6 Å². The van der Waals surface area contributed by atoms with Crippen molar-refractivity contribution in [2.75, 3.05) is 6.54 Å². The molecule has 1 saturated heterocycles. The first-order valence-electron chi connectivity index (χ1n) is 14.3. The molecule has 1 saturated carbocycles. The lowest BCUT2D eigenvalue weighted by Crippen LogP contribution is -2.56. The fraction of sp³-hybridized carbons (Fsp3) is 0.586. The van der Waals surface area contributed by atoms with E-state index in [1.165, 1.54) is 17.0 Å². The van der Waals surface area contributed by atoms with Gasteiger partial charge in [-0.3, -0.25) is 13.8 Å². The number of fused-ring (bicyclic) bond motifs is 2. The smallest absolute Gasteiger partial charge is 0.408 e. The molecule has 3 aliphatic rings. The largest absolute Gasteiger partial charge is 0.479 e. The summed E-state index contributed by atoms with van der Waals surface area (Å²) >= 11 is 3.26. The van der Waals surface area contributed by atoms with Crippen LogP contribution in [0.4, 0.5) is 4.79 Å². The van der Waals surface area contributed by atoms with Gasteiger partial charge in [0, 0.05) is 23.4 Å². The highest BCUT2D eigenvalue weighted by Gasteiger charge is 2.61. The number of allylic oxidation sites excluding steroid dienone is 1. The molecule has 0 spiro atoms. The number of benzene rings is 1. The Bertz CT molecular complexity index is 1380. The van der Waals surface area contributed by atoms with Crippen LogP contribution in [0.15, 0.2) is 45.8 Å². The molecular weight excluding hydrogens is 646 g/mol. The second-order valence-electron chi connectivity index (χ2n) is 12.2. The predicted molar refractivity (Wildman–Crippen MR) is 158 cm³/mol. The molecule has 1 aliphatic carbocycles. The second kappa shape index (κ2) is 12.9. The van der Waals surface area contributed by atoms with Gasteiger partial charge in [0.2, 0.25) is 11.8 Å². The molecule has 4 rings (SSSR count). The molecule has 3 N–H and O–H groups in total. The van der Waals surface area contributed by atoms with Crippen LogP contribution < -0.4 is 10.6 Å². The van der Waals surface area contributed by atoms with E-state index >= 15 is 0 Å². The van der Waals surface area contributed by atoms with Crippen LogP contribution in [0.1, 0.15) is 65.7 Å². The van der Waals surface area contributed by atoms with E-state index in [4.69, 9.17) is 8.92 Å². The number of carboxylic acids is 1. The minimum atomic E-state index is -4.26. The van der Waals surface area contributed by atoms with Crippen LogP contribution in [0.2, 0.25) is 0 Å². The van der Waals surface area contributed by atoms with E-state index in [9.17, 15) is 32.7 Å². The molecular formula is C29H38BrN3O9S. The van der Waals surface area contributed by atoms with Crippen molar-refractivity contribution in [3.8, 4) is 0 Å². The summed E-state index contributed by atoms with van der Waals surface area (Å²) in [4.78, 5) is 53.6. The van der Waals surface area contributed by atoms with Crippen molar-refractivity contribution in [1.82, 2.24) is 15.5 Å². The first kappa shape index (κ1) is 32.9. The molecule has 0 bridgehead atoms. The standard InChI is InChI=1S/C29H38BrN3O9S/c1-28(2,3)41-27(38)31-22-10-8-6-4-5-7-9-18-16-29(18,26(36)37)32-24(34)23-15-20(17-33(23)25(22)35)42-43(39,40)21-13-11-19(30)12-14-21/h7,9,11-14,18,20,22-23H,4-6,8,10,15-17H2,1-3H3,(H,31,38)(H,32,34)(H,36,37)/b9-7-/t18?,20-,22-,23?,29+/m0/s1. The van der Waals surface area contributed by atoms with E-state index < -0.39 is 69.2 Å². The molecule has 0 aromatic heterocycles. The van der Waals surface area contributed by atoms with Gasteiger partial charge in [-0.25, -0.2) is 9.59 Å². The number of carbonyl (C=O) groups excluding carboxylic acids is 3. The number of hydrogen-bond acceptors (Lipinski definition) is 8. The maximum absolute atomic E-state index is 14.0. The number of hydrogen-bond donors (Lipinski definition) is 3. The van der Waals surface area contributed by atoms with Gasteiger partial charge in [0.15, 0.2) is 0 Å².